The van der Waals surface area contributed by atoms with Crippen molar-refractivity contribution in [2.45, 2.75) is 19.9 Å². The zero-order valence-electron chi connectivity index (χ0n) is 17.7. The van der Waals surface area contributed by atoms with Gasteiger partial charge in [-0.05, 0) is 60.9 Å². The Morgan fingerprint density at radius 2 is 1.87 bits per heavy atom. The number of halogens is 1. The normalized spacial score (nSPS) is 10.9. The summed E-state index contributed by atoms with van der Waals surface area (Å²) < 4.78 is 19.1. The van der Waals surface area contributed by atoms with E-state index in [4.69, 9.17) is 4.74 Å². The predicted molar refractivity (Wildman–Crippen MR) is 121 cm³/mol. The molecular formula is C26H25FN2O2. The van der Waals surface area contributed by atoms with Crippen molar-refractivity contribution in [1.29, 1.82) is 0 Å². The third kappa shape index (κ3) is 4.77. The molecule has 31 heavy (non-hydrogen) atoms. The lowest BCUT2D eigenvalue weighted by Crippen LogP contribution is -2.32. The second-order valence-electron chi connectivity index (χ2n) is 7.70. The number of aromatic nitrogens is 1. The summed E-state index contributed by atoms with van der Waals surface area (Å²) in [5.41, 5.74) is 4.69. The molecule has 0 aliphatic carbocycles. The molecular weight excluding hydrogens is 391 g/mol. The summed E-state index contributed by atoms with van der Waals surface area (Å²) in [5.74, 6) is 0.197. The monoisotopic (exact) mass is 416 g/mol. The van der Waals surface area contributed by atoms with Crippen molar-refractivity contribution in [2.24, 2.45) is 0 Å². The maximum Gasteiger partial charge on any atom is 0.254 e. The van der Waals surface area contributed by atoms with E-state index >= 15 is 0 Å². The largest absolute Gasteiger partial charge is 0.497 e. The summed E-state index contributed by atoms with van der Waals surface area (Å²) in [7, 11) is 1.65. The topological polar surface area (TPSA) is 45.3 Å². The highest BCUT2D eigenvalue weighted by Crippen LogP contribution is 2.24. The number of carbonyl (C=O) groups is 1. The molecule has 5 heteroatoms. The van der Waals surface area contributed by atoms with Crippen LogP contribution in [0.4, 0.5) is 4.39 Å². The van der Waals surface area contributed by atoms with E-state index in [1.807, 2.05) is 55.6 Å². The summed E-state index contributed by atoms with van der Waals surface area (Å²) in [6.45, 7) is 3.00. The first-order valence-corrected chi connectivity index (χ1v) is 10.3. The number of hydrogen-bond acceptors (Lipinski definition) is 2. The van der Waals surface area contributed by atoms with Crippen LogP contribution in [0, 0.1) is 12.7 Å². The molecule has 4 nitrogen and oxygen atoms in total. The summed E-state index contributed by atoms with van der Waals surface area (Å²) in [4.78, 5) is 18.3. The van der Waals surface area contributed by atoms with Gasteiger partial charge in [0.1, 0.15) is 11.6 Å². The lowest BCUT2D eigenvalue weighted by atomic mass is 10.1. The van der Waals surface area contributed by atoms with E-state index in [9.17, 15) is 9.18 Å². The van der Waals surface area contributed by atoms with Gasteiger partial charge in [-0.25, -0.2) is 4.39 Å². The first kappa shape index (κ1) is 20.7. The van der Waals surface area contributed by atoms with Crippen molar-refractivity contribution in [3.63, 3.8) is 0 Å². The molecule has 0 saturated heterocycles. The Morgan fingerprint density at radius 1 is 1.06 bits per heavy atom. The zero-order chi connectivity index (χ0) is 21.8. The number of hydrogen-bond donors (Lipinski definition) is 1. The second-order valence-corrected chi connectivity index (χ2v) is 7.70. The quantitative estimate of drug-likeness (QED) is 0.432. The van der Waals surface area contributed by atoms with Gasteiger partial charge in [0.15, 0.2) is 0 Å². The molecule has 3 aromatic carbocycles. The van der Waals surface area contributed by atoms with Crippen LogP contribution in [0.2, 0.25) is 0 Å². The number of amides is 1. The smallest absolute Gasteiger partial charge is 0.254 e. The van der Waals surface area contributed by atoms with Crippen molar-refractivity contribution >= 4 is 16.8 Å². The molecule has 0 aliphatic heterocycles. The minimum Gasteiger partial charge on any atom is -0.497 e. The standard InChI is InChI=1S/C26H25FN2O2/c1-18-6-8-19(9-7-18)17-29(26(30)20-4-3-5-22(27)14-20)13-12-21-16-28-25-11-10-23(31-2)15-24(21)25/h3-11,14-16,28H,12-13,17H2,1-2H3. The van der Waals surface area contributed by atoms with E-state index < -0.39 is 5.82 Å². The van der Waals surface area contributed by atoms with E-state index in [0.717, 1.165) is 27.8 Å². The molecule has 0 radical (unpaired) electrons. The Bertz CT molecular complexity index is 1200. The number of ether oxygens (including phenoxy) is 1. The van der Waals surface area contributed by atoms with Crippen LogP contribution in [0.5, 0.6) is 5.75 Å². The molecule has 0 aliphatic rings. The zero-order valence-corrected chi connectivity index (χ0v) is 17.7. The molecule has 1 heterocycles. The first-order chi connectivity index (χ1) is 15.0. The number of aromatic amines is 1. The summed E-state index contributed by atoms with van der Waals surface area (Å²) >= 11 is 0. The van der Waals surface area contributed by atoms with Crippen molar-refractivity contribution in [3.8, 4) is 5.75 Å². The molecule has 0 atom stereocenters. The first-order valence-electron chi connectivity index (χ1n) is 10.3. The van der Waals surface area contributed by atoms with Gasteiger partial charge in [-0.15, -0.1) is 0 Å². The number of rotatable bonds is 7. The van der Waals surface area contributed by atoms with Gasteiger partial charge in [0.2, 0.25) is 0 Å². The fraction of sp³-hybridized carbons (Fsp3) is 0.192. The Kier molecular flexibility index (Phi) is 6.03. The fourth-order valence-corrected chi connectivity index (χ4v) is 3.72. The molecule has 1 N–H and O–H groups in total. The molecule has 4 aromatic rings. The third-order valence-corrected chi connectivity index (χ3v) is 5.48. The number of carbonyl (C=O) groups excluding carboxylic acids is 1. The highest BCUT2D eigenvalue weighted by Gasteiger charge is 2.18. The number of nitrogens with one attached hydrogen (secondary N) is 1. The lowest BCUT2D eigenvalue weighted by molar-refractivity contribution is 0.0744. The Morgan fingerprint density at radius 3 is 2.61 bits per heavy atom. The second kappa shape index (κ2) is 9.04. The minimum absolute atomic E-state index is 0.183. The van der Waals surface area contributed by atoms with Crippen LogP contribution in [-0.4, -0.2) is 29.4 Å². The van der Waals surface area contributed by atoms with Crippen molar-refractivity contribution < 1.29 is 13.9 Å². The molecule has 0 saturated carbocycles. The van der Waals surface area contributed by atoms with Crippen LogP contribution in [0.3, 0.4) is 0 Å². The van der Waals surface area contributed by atoms with Crippen LogP contribution in [0.1, 0.15) is 27.0 Å². The van der Waals surface area contributed by atoms with Crippen molar-refractivity contribution in [1.82, 2.24) is 9.88 Å². The maximum atomic E-state index is 13.7. The van der Waals surface area contributed by atoms with E-state index in [0.29, 0.717) is 25.1 Å². The molecule has 158 valence electrons. The van der Waals surface area contributed by atoms with Gasteiger partial charge in [0.05, 0.1) is 7.11 Å². The highest BCUT2D eigenvalue weighted by atomic mass is 19.1. The van der Waals surface area contributed by atoms with E-state index in [2.05, 4.69) is 4.98 Å². The van der Waals surface area contributed by atoms with Crippen LogP contribution in [0.15, 0.2) is 72.9 Å². The fourth-order valence-electron chi connectivity index (χ4n) is 3.72. The van der Waals surface area contributed by atoms with E-state index in [-0.39, 0.29) is 5.91 Å². The van der Waals surface area contributed by atoms with Gasteiger partial charge < -0.3 is 14.6 Å². The third-order valence-electron chi connectivity index (χ3n) is 5.48. The number of fused-ring (bicyclic) bond motifs is 1. The van der Waals surface area contributed by atoms with Crippen molar-refractivity contribution in [2.75, 3.05) is 13.7 Å². The van der Waals surface area contributed by atoms with Crippen molar-refractivity contribution in [3.05, 3.63) is 101 Å². The van der Waals surface area contributed by atoms with E-state index in [1.54, 1.807) is 24.1 Å². The Hall–Kier alpha value is -3.60. The number of nitrogens with zero attached hydrogens (tertiary/aromatic N) is 1. The maximum absolute atomic E-state index is 13.7. The molecule has 0 bridgehead atoms. The number of benzene rings is 3. The van der Waals surface area contributed by atoms with E-state index in [1.165, 1.54) is 17.7 Å². The summed E-state index contributed by atoms with van der Waals surface area (Å²) in [5, 5.41) is 1.08. The average Bonchev–Trinajstić information content (AvgIpc) is 3.19. The summed E-state index contributed by atoms with van der Waals surface area (Å²) in [6, 6.07) is 19.9. The predicted octanol–water partition coefficient (Wildman–Crippen LogP) is 5.51. The molecule has 1 amide bonds. The molecule has 4 rings (SSSR count). The Labute approximate surface area is 181 Å². The van der Waals surface area contributed by atoms with Crippen LogP contribution in [0.25, 0.3) is 10.9 Å². The van der Waals surface area contributed by atoms with Gasteiger partial charge in [-0.3, -0.25) is 4.79 Å². The highest BCUT2D eigenvalue weighted by molar-refractivity contribution is 5.94. The molecule has 0 spiro atoms. The Balaban J connectivity index is 1.59. The lowest BCUT2D eigenvalue weighted by Gasteiger charge is -2.23. The molecule has 0 unspecified atom stereocenters. The minimum atomic E-state index is -0.412. The van der Waals surface area contributed by atoms with Gasteiger partial charge in [-0.1, -0.05) is 35.9 Å². The average molecular weight is 416 g/mol. The van der Waals surface area contributed by atoms with Crippen LogP contribution in [-0.2, 0) is 13.0 Å². The summed E-state index contributed by atoms with van der Waals surface area (Å²) in [6.07, 6.45) is 2.64. The number of methoxy groups -OCH3 is 1. The van der Waals surface area contributed by atoms with Crippen LogP contribution >= 0.6 is 0 Å². The van der Waals surface area contributed by atoms with Gasteiger partial charge in [0.25, 0.3) is 5.91 Å². The van der Waals surface area contributed by atoms with Gasteiger partial charge >= 0.3 is 0 Å². The molecule has 1 aromatic heterocycles. The number of aryl methyl sites for hydroxylation is 1. The molecule has 0 fully saturated rings. The van der Waals surface area contributed by atoms with Gasteiger partial charge in [0, 0.05) is 35.8 Å². The SMILES string of the molecule is COc1ccc2[nH]cc(CCN(Cc3ccc(C)cc3)C(=O)c3cccc(F)c3)c2c1. The van der Waals surface area contributed by atoms with Gasteiger partial charge in [-0.2, -0.15) is 0 Å². The number of H-pyrrole nitrogens is 1. The van der Waals surface area contributed by atoms with Crippen LogP contribution < -0.4 is 4.74 Å².